The Kier molecular flexibility index (Phi) is 9.09. The maximum Gasteiger partial charge on any atom is 0.328 e. The van der Waals surface area contributed by atoms with Gasteiger partial charge in [-0.05, 0) is 55.5 Å². The molecule has 1 rings (SSSR count). The maximum atomic E-state index is 12.1. The summed E-state index contributed by atoms with van der Waals surface area (Å²) in [6, 6.07) is 3.53. The van der Waals surface area contributed by atoms with Crippen molar-refractivity contribution in [3.63, 3.8) is 0 Å². The number of rotatable bonds is 8. The summed E-state index contributed by atoms with van der Waals surface area (Å²) in [5.74, 6) is 0.506. The van der Waals surface area contributed by atoms with Crippen LogP contribution in [0.4, 0.5) is 0 Å². The van der Waals surface area contributed by atoms with E-state index in [0.29, 0.717) is 6.42 Å². The van der Waals surface area contributed by atoms with Gasteiger partial charge in [-0.3, -0.25) is 4.79 Å². The highest BCUT2D eigenvalue weighted by Gasteiger charge is 2.21. The third kappa shape index (κ3) is 6.77. The van der Waals surface area contributed by atoms with Gasteiger partial charge in [-0.25, -0.2) is 4.79 Å². The number of hydrogen-bond donors (Lipinski definition) is 1. The van der Waals surface area contributed by atoms with Crippen LogP contribution in [-0.4, -0.2) is 42.8 Å². The number of nitrogens with one attached hydrogen (secondary N) is 1. The summed E-state index contributed by atoms with van der Waals surface area (Å²) in [5, 5.41) is 2.76. The zero-order valence-corrected chi connectivity index (χ0v) is 17.0. The first-order valence-corrected chi connectivity index (χ1v) is 10.3. The number of esters is 1. The quantitative estimate of drug-likeness (QED) is 0.515. The number of ether oxygens (including phenoxy) is 1. The van der Waals surface area contributed by atoms with Crippen LogP contribution in [0.2, 0.25) is 0 Å². The molecule has 128 valence electrons. The van der Waals surface area contributed by atoms with Gasteiger partial charge in [0.2, 0.25) is 5.91 Å². The molecule has 0 aliphatic carbocycles. The van der Waals surface area contributed by atoms with Crippen molar-refractivity contribution < 1.29 is 14.3 Å². The van der Waals surface area contributed by atoms with E-state index in [1.165, 1.54) is 18.9 Å². The number of carbonyl (C=O) groups is 2. The molecule has 0 heterocycles. The van der Waals surface area contributed by atoms with Crippen LogP contribution in [0.5, 0.6) is 0 Å². The fraction of sp³-hybridized carbons (Fsp3) is 0.500. The van der Waals surface area contributed by atoms with Gasteiger partial charge in [-0.2, -0.15) is 11.8 Å². The second-order valence-electron chi connectivity index (χ2n) is 5.08. The second kappa shape index (κ2) is 10.3. The van der Waals surface area contributed by atoms with Crippen LogP contribution >= 0.6 is 39.5 Å². The minimum absolute atomic E-state index is 0.161. The standard InChI is InChI=1S/C16H22BrNO3S2/c1-10-8-14(11(2)7-12(10)17)23-9-15(19)18-13(5-6-22-4)16(20)21-3/h7-8,13H,5-6,9H2,1-4H3,(H,18,19)/t13-/m1/s1. The highest BCUT2D eigenvalue weighted by Crippen LogP contribution is 2.28. The van der Waals surface area contributed by atoms with E-state index < -0.39 is 12.0 Å². The molecule has 0 saturated carbocycles. The van der Waals surface area contributed by atoms with Crippen molar-refractivity contribution in [2.75, 3.05) is 24.9 Å². The summed E-state index contributed by atoms with van der Waals surface area (Å²) < 4.78 is 5.81. The monoisotopic (exact) mass is 419 g/mol. The summed E-state index contributed by atoms with van der Waals surface area (Å²) >= 11 is 6.60. The van der Waals surface area contributed by atoms with Crippen LogP contribution in [0.1, 0.15) is 17.5 Å². The van der Waals surface area contributed by atoms with Crippen LogP contribution in [0, 0.1) is 13.8 Å². The molecule has 0 radical (unpaired) electrons. The molecule has 23 heavy (non-hydrogen) atoms. The maximum absolute atomic E-state index is 12.1. The van der Waals surface area contributed by atoms with Crippen molar-refractivity contribution in [1.29, 1.82) is 0 Å². The Hall–Kier alpha value is -0.660. The Bertz CT molecular complexity index is 567. The fourth-order valence-electron chi connectivity index (χ4n) is 1.92. The number of aryl methyl sites for hydroxylation is 2. The van der Waals surface area contributed by atoms with Gasteiger partial charge in [0.1, 0.15) is 6.04 Å². The molecule has 4 nitrogen and oxygen atoms in total. The van der Waals surface area contributed by atoms with Crippen LogP contribution in [0.15, 0.2) is 21.5 Å². The Labute approximate surface area is 154 Å². The van der Waals surface area contributed by atoms with E-state index in [0.717, 1.165) is 26.2 Å². The molecule has 0 saturated heterocycles. The van der Waals surface area contributed by atoms with Gasteiger partial charge in [0.15, 0.2) is 0 Å². The smallest absolute Gasteiger partial charge is 0.328 e. The molecule has 0 aromatic heterocycles. The molecule has 0 fully saturated rings. The first-order chi connectivity index (χ1) is 10.9. The van der Waals surface area contributed by atoms with E-state index in [2.05, 4.69) is 27.3 Å². The number of halogens is 1. The Balaban J connectivity index is 2.61. The first kappa shape index (κ1) is 20.4. The summed E-state index contributed by atoms with van der Waals surface area (Å²) in [6.07, 6.45) is 2.53. The number of methoxy groups -OCH3 is 1. The second-order valence-corrected chi connectivity index (χ2v) is 7.94. The molecule has 0 bridgehead atoms. The molecule has 0 spiro atoms. The minimum atomic E-state index is -0.576. The van der Waals surface area contributed by atoms with Gasteiger partial charge < -0.3 is 10.1 Å². The number of amides is 1. The van der Waals surface area contributed by atoms with Crippen molar-refractivity contribution in [1.82, 2.24) is 5.32 Å². The summed E-state index contributed by atoms with van der Waals surface area (Å²) in [7, 11) is 1.34. The molecule has 0 aliphatic rings. The third-order valence-electron chi connectivity index (χ3n) is 3.25. The van der Waals surface area contributed by atoms with E-state index in [9.17, 15) is 9.59 Å². The van der Waals surface area contributed by atoms with E-state index in [1.807, 2.05) is 26.2 Å². The molecule has 7 heteroatoms. The predicted octanol–water partition coefficient (Wildman–Crippen LogP) is 3.57. The van der Waals surface area contributed by atoms with Crippen molar-refractivity contribution >= 4 is 51.3 Å². The van der Waals surface area contributed by atoms with E-state index in [-0.39, 0.29) is 11.7 Å². The minimum Gasteiger partial charge on any atom is -0.467 e. The first-order valence-electron chi connectivity index (χ1n) is 7.14. The summed E-state index contributed by atoms with van der Waals surface area (Å²) in [4.78, 5) is 24.9. The Morgan fingerprint density at radius 1 is 1.30 bits per heavy atom. The van der Waals surface area contributed by atoms with E-state index >= 15 is 0 Å². The largest absolute Gasteiger partial charge is 0.467 e. The van der Waals surface area contributed by atoms with Gasteiger partial charge in [0, 0.05) is 9.37 Å². The molecule has 1 N–H and O–H groups in total. The van der Waals surface area contributed by atoms with Gasteiger partial charge in [0.05, 0.1) is 12.9 Å². The molecular formula is C16H22BrNO3S2. The predicted molar refractivity (Wildman–Crippen MR) is 101 cm³/mol. The lowest BCUT2D eigenvalue weighted by molar-refractivity contribution is -0.144. The van der Waals surface area contributed by atoms with E-state index in [1.54, 1.807) is 11.8 Å². The number of carbonyl (C=O) groups excluding carboxylic acids is 2. The number of benzene rings is 1. The summed E-state index contributed by atoms with van der Waals surface area (Å²) in [5.41, 5.74) is 2.25. The van der Waals surface area contributed by atoms with Crippen LogP contribution < -0.4 is 5.32 Å². The topological polar surface area (TPSA) is 55.4 Å². The zero-order valence-electron chi connectivity index (χ0n) is 13.8. The van der Waals surface area contributed by atoms with Crippen LogP contribution in [-0.2, 0) is 14.3 Å². The van der Waals surface area contributed by atoms with Gasteiger partial charge >= 0.3 is 5.97 Å². The fourth-order valence-corrected chi connectivity index (χ4v) is 3.76. The van der Waals surface area contributed by atoms with Gasteiger partial charge in [0.25, 0.3) is 0 Å². The van der Waals surface area contributed by atoms with Crippen molar-refractivity contribution in [2.24, 2.45) is 0 Å². The molecule has 1 aromatic rings. The van der Waals surface area contributed by atoms with Crippen molar-refractivity contribution in [2.45, 2.75) is 31.2 Å². The molecular weight excluding hydrogens is 398 g/mol. The normalized spacial score (nSPS) is 11.9. The van der Waals surface area contributed by atoms with E-state index in [4.69, 9.17) is 4.74 Å². The lowest BCUT2D eigenvalue weighted by atomic mass is 10.2. The third-order valence-corrected chi connectivity index (χ3v) is 5.90. The van der Waals surface area contributed by atoms with Crippen molar-refractivity contribution in [3.8, 4) is 0 Å². The number of thioether (sulfide) groups is 2. The average Bonchev–Trinajstić information content (AvgIpc) is 2.52. The lowest BCUT2D eigenvalue weighted by Crippen LogP contribution is -2.42. The van der Waals surface area contributed by atoms with Crippen LogP contribution in [0.25, 0.3) is 0 Å². The SMILES string of the molecule is COC(=O)[C@@H](CCSC)NC(=O)CSc1cc(C)c(Br)cc1C. The Morgan fingerprint density at radius 3 is 2.61 bits per heavy atom. The highest BCUT2D eigenvalue weighted by atomic mass is 79.9. The zero-order chi connectivity index (χ0) is 17.4. The molecule has 1 atom stereocenters. The van der Waals surface area contributed by atoms with Crippen LogP contribution in [0.3, 0.4) is 0 Å². The molecule has 0 unspecified atom stereocenters. The molecule has 0 aliphatic heterocycles. The number of hydrogen-bond acceptors (Lipinski definition) is 5. The Morgan fingerprint density at radius 2 is 2.00 bits per heavy atom. The van der Waals surface area contributed by atoms with Gasteiger partial charge in [-0.1, -0.05) is 15.9 Å². The lowest BCUT2D eigenvalue weighted by Gasteiger charge is -2.16. The highest BCUT2D eigenvalue weighted by molar-refractivity contribution is 9.10. The molecule has 1 amide bonds. The van der Waals surface area contributed by atoms with Gasteiger partial charge in [-0.15, -0.1) is 11.8 Å². The van der Waals surface area contributed by atoms with Crippen molar-refractivity contribution in [3.05, 3.63) is 27.7 Å². The molecule has 1 aromatic carbocycles. The average molecular weight is 420 g/mol. The summed E-state index contributed by atoms with van der Waals surface area (Å²) in [6.45, 7) is 4.03.